The van der Waals surface area contributed by atoms with Crippen LogP contribution >= 0.6 is 0 Å². The topological polar surface area (TPSA) is 79.7 Å². The molecule has 0 aliphatic heterocycles. The standard InChI is InChI=1S/C21H25N3O3/c1-14-8-10-18(11-9-14)22-20(26)13-24(4)15(2)21(27)23-19-7-5-6-17(12-19)16(3)25/h5-12,15H,13H2,1-4H3,(H,22,26)(H,23,27)/p+1/t15-/m1/s1. The molecule has 27 heavy (non-hydrogen) atoms. The Morgan fingerprint density at radius 3 is 2.30 bits per heavy atom. The van der Waals surface area contributed by atoms with E-state index in [4.69, 9.17) is 0 Å². The van der Waals surface area contributed by atoms with Gasteiger partial charge in [-0.3, -0.25) is 14.4 Å². The van der Waals surface area contributed by atoms with Crippen molar-refractivity contribution in [3.8, 4) is 0 Å². The summed E-state index contributed by atoms with van der Waals surface area (Å²) < 4.78 is 0. The van der Waals surface area contributed by atoms with Gasteiger partial charge in [0.2, 0.25) is 0 Å². The first-order valence-corrected chi connectivity index (χ1v) is 8.87. The molecule has 0 saturated carbocycles. The van der Waals surface area contributed by atoms with Crippen LogP contribution in [0.5, 0.6) is 0 Å². The van der Waals surface area contributed by atoms with Gasteiger partial charge in [0, 0.05) is 16.9 Å². The Morgan fingerprint density at radius 1 is 1.00 bits per heavy atom. The molecule has 2 aromatic rings. The van der Waals surface area contributed by atoms with Gasteiger partial charge in [0.15, 0.2) is 18.4 Å². The van der Waals surface area contributed by atoms with E-state index in [1.54, 1.807) is 38.2 Å². The summed E-state index contributed by atoms with van der Waals surface area (Å²) in [6.07, 6.45) is 0. The van der Waals surface area contributed by atoms with E-state index in [1.807, 2.05) is 31.2 Å². The Hall–Kier alpha value is -2.99. The summed E-state index contributed by atoms with van der Waals surface area (Å²) in [5.41, 5.74) is 2.96. The molecule has 1 unspecified atom stereocenters. The summed E-state index contributed by atoms with van der Waals surface area (Å²) in [5, 5.41) is 5.64. The molecule has 0 heterocycles. The third kappa shape index (κ3) is 6.04. The van der Waals surface area contributed by atoms with Crippen LogP contribution in [-0.2, 0) is 9.59 Å². The first-order chi connectivity index (χ1) is 12.8. The van der Waals surface area contributed by atoms with Crippen molar-refractivity contribution < 1.29 is 19.3 Å². The molecular weight excluding hydrogens is 342 g/mol. The number of anilines is 2. The molecule has 0 fully saturated rings. The van der Waals surface area contributed by atoms with E-state index in [0.29, 0.717) is 11.3 Å². The van der Waals surface area contributed by atoms with Crippen LogP contribution in [0.15, 0.2) is 48.5 Å². The van der Waals surface area contributed by atoms with E-state index in [-0.39, 0.29) is 24.1 Å². The molecule has 0 saturated heterocycles. The number of hydrogen-bond acceptors (Lipinski definition) is 3. The third-order valence-electron chi connectivity index (χ3n) is 4.44. The number of Topliss-reactive ketones (excluding diaryl/α,β-unsaturated/α-hetero) is 1. The molecule has 2 aromatic carbocycles. The van der Waals surface area contributed by atoms with E-state index >= 15 is 0 Å². The number of nitrogens with one attached hydrogen (secondary N) is 3. The second kappa shape index (κ2) is 9.09. The molecule has 0 spiro atoms. The van der Waals surface area contributed by atoms with Crippen molar-refractivity contribution in [2.45, 2.75) is 26.8 Å². The second-order valence-corrected chi connectivity index (χ2v) is 6.79. The van der Waals surface area contributed by atoms with Gasteiger partial charge in [0.25, 0.3) is 11.8 Å². The fourth-order valence-corrected chi connectivity index (χ4v) is 2.54. The molecule has 2 amide bonds. The number of ketones is 1. The fourth-order valence-electron chi connectivity index (χ4n) is 2.54. The maximum atomic E-state index is 12.5. The van der Waals surface area contributed by atoms with Gasteiger partial charge in [-0.1, -0.05) is 29.8 Å². The predicted octanol–water partition coefficient (Wildman–Crippen LogP) is 1.68. The number of rotatable bonds is 7. The molecule has 0 aliphatic carbocycles. The van der Waals surface area contributed by atoms with Gasteiger partial charge in [-0.2, -0.15) is 0 Å². The molecule has 2 rings (SSSR count). The van der Waals surface area contributed by atoms with Gasteiger partial charge in [-0.05, 0) is 45.0 Å². The average Bonchev–Trinajstić information content (AvgIpc) is 2.63. The summed E-state index contributed by atoms with van der Waals surface area (Å²) in [4.78, 5) is 36.9. The van der Waals surface area contributed by atoms with E-state index in [1.165, 1.54) is 6.92 Å². The minimum Gasteiger partial charge on any atom is -0.321 e. The number of likely N-dealkylation sites (N-methyl/N-ethyl adjacent to an activating group) is 1. The molecule has 0 aromatic heterocycles. The normalized spacial score (nSPS) is 12.7. The van der Waals surface area contributed by atoms with Crippen LogP contribution in [0.3, 0.4) is 0 Å². The molecule has 142 valence electrons. The van der Waals surface area contributed by atoms with Crippen LogP contribution < -0.4 is 15.5 Å². The lowest BCUT2D eigenvalue weighted by Crippen LogP contribution is -3.14. The number of quaternary nitrogens is 1. The van der Waals surface area contributed by atoms with Crippen LogP contribution in [0.4, 0.5) is 11.4 Å². The molecule has 0 bridgehead atoms. The Morgan fingerprint density at radius 2 is 1.67 bits per heavy atom. The van der Waals surface area contributed by atoms with Crippen molar-refractivity contribution in [1.29, 1.82) is 0 Å². The summed E-state index contributed by atoms with van der Waals surface area (Å²) in [6.45, 7) is 5.39. The zero-order valence-corrected chi connectivity index (χ0v) is 16.1. The highest BCUT2D eigenvalue weighted by Crippen LogP contribution is 2.11. The number of carbonyl (C=O) groups excluding carboxylic acids is 3. The van der Waals surface area contributed by atoms with Crippen molar-refractivity contribution in [2.75, 3.05) is 24.2 Å². The molecule has 3 N–H and O–H groups in total. The average molecular weight is 368 g/mol. The largest absolute Gasteiger partial charge is 0.321 e. The highest BCUT2D eigenvalue weighted by Gasteiger charge is 2.24. The Balaban J connectivity index is 1.91. The molecule has 6 nitrogen and oxygen atoms in total. The summed E-state index contributed by atoms with van der Waals surface area (Å²) in [7, 11) is 1.80. The van der Waals surface area contributed by atoms with Crippen LogP contribution in [-0.4, -0.2) is 37.2 Å². The van der Waals surface area contributed by atoms with E-state index in [9.17, 15) is 14.4 Å². The van der Waals surface area contributed by atoms with Crippen molar-refractivity contribution in [1.82, 2.24) is 0 Å². The highest BCUT2D eigenvalue weighted by molar-refractivity contribution is 5.98. The van der Waals surface area contributed by atoms with Gasteiger partial charge in [0.1, 0.15) is 0 Å². The summed E-state index contributed by atoms with van der Waals surface area (Å²) in [5.74, 6) is -0.430. The zero-order valence-electron chi connectivity index (χ0n) is 16.1. The lowest BCUT2D eigenvalue weighted by atomic mass is 10.1. The minimum atomic E-state index is -0.435. The number of benzene rings is 2. The van der Waals surface area contributed by atoms with Gasteiger partial charge in [0.05, 0.1) is 7.05 Å². The van der Waals surface area contributed by atoms with Gasteiger partial charge in [-0.15, -0.1) is 0 Å². The number of amides is 2. The maximum Gasteiger partial charge on any atom is 0.282 e. The third-order valence-corrected chi connectivity index (χ3v) is 4.44. The van der Waals surface area contributed by atoms with E-state index in [2.05, 4.69) is 10.6 Å². The fraction of sp³-hybridized carbons (Fsp3) is 0.286. The Bertz CT molecular complexity index is 831. The molecule has 6 heteroatoms. The zero-order chi connectivity index (χ0) is 20.0. The number of aryl methyl sites for hydroxylation is 1. The SMILES string of the molecule is CC(=O)c1cccc(NC(=O)[C@@H](C)[NH+](C)CC(=O)Nc2ccc(C)cc2)c1. The maximum absolute atomic E-state index is 12.5. The number of hydrogen-bond donors (Lipinski definition) is 3. The van der Waals surface area contributed by atoms with Gasteiger partial charge < -0.3 is 15.5 Å². The quantitative estimate of drug-likeness (QED) is 0.651. The predicted molar refractivity (Wildman–Crippen MR) is 106 cm³/mol. The first-order valence-electron chi connectivity index (χ1n) is 8.87. The van der Waals surface area contributed by atoms with Crippen molar-refractivity contribution in [3.63, 3.8) is 0 Å². The van der Waals surface area contributed by atoms with Gasteiger partial charge in [-0.25, -0.2) is 0 Å². The molecular formula is C21H26N3O3+. The van der Waals surface area contributed by atoms with Gasteiger partial charge >= 0.3 is 0 Å². The summed E-state index contributed by atoms with van der Waals surface area (Å²) >= 11 is 0. The lowest BCUT2D eigenvalue weighted by Gasteiger charge is -2.20. The monoisotopic (exact) mass is 368 g/mol. The Kier molecular flexibility index (Phi) is 6.85. The van der Waals surface area contributed by atoms with Crippen molar-refractivity contribution in [2.24, 2.45) is 0 Å². The molecule has 2 atom stereocenters. The van der Waals surface area contributed by atoms with E-state index in [0.717, 1.165) is 16.2 Å². The first kappa shape index (κ1) is 20.3. The smallest absolute Gasteiger partial charge is 0.282 e. The van der Waals surface area contributed by atoms with Crippen LogP contribution in [0.1, 0.15) is 29.8 Å². The molecule has 0 aliphatic rings. The van der Waals surface area contributed by atoms with Crippen LogP contribution in [0.25, 0.3) is 0 Å². The lowest BCUT2D eigenvalue weighted by molar-refractivity contribution is -0.885. The number of carbonyl (C=O) groups is 3. The highest BCUT2D eigenvalue weighted by atomic mass is 16.2. The van der Waals surface area contributed by atoms with E-state index < -0.39 is 6.04 Å². The summed E-state index contributed by atoms with van der Waals surface area (Å²) in [6, 6.07) is 13.9. The van der Waals surface area contributed by atoms with Crippen molar-refractivity contribution >= 4 is 29.0 Å². The second-order valence-electron chi connectivity index (χ2n) is 6.79. The minimum absolute atomic E-state index is 0.0605. The van der Waals surface area contributed by atoms with Crippen LogP contribution in [0, 0.1) is 6.92 Å². The molecule has 0 radical (unpaired) electrons. The van der Waals surface area contributed by atoms with Crippen molar-refractivity contribution in [3.05, 3.63) is 59.7 Å². The van der Waals surface area contributed by atoms with Crippen LogP contribution in [0.2, 0.25) is 0 Å². The Labute approximate surface area is 159 Å².